The first kappa shape index (κ1) is 14.3. The Labute approximate surface area is 138 Å². The van der Waals surface area contributed by atoms with Crippen molar-refractivity contribution in [2.24, 2.45) is 5.16 Å². The van der Waals surface area contributed by atoms with Crippen LogP contribution in [0.4, 0.5) is 5.69 Å². The maximum Gasteiger partial charge on any atom is 0.268 e. The number of oxime groups is 1. The highest BCUT2D eigenvalue weighted by Crippen LogP contribution is 2.20. The van der Waals surface area contributed by atoms with Gasteiger partial charge < -0.3 is 10.2 Å². The summed E-state index contributed by atoms with van der Waals surface area (Å²) >= 11 is 0. The van der Waals surface area contributed by atoms with E-state index in [0.717, 1.165) is 22.2 Å². The number of pyridine rings is 2. The van der Waals surface area contributed by atoms with Gasteiger partial charge in [-0.15, -0.1) is 0 Å². The minimum atomic E-state index is -0.634. The lowest BCUT2D eigenvalue weighted by Gasteiger charge is -2.10. The van der Waals surface area contributed by atoms with Crippen LogP contribution in [0, 0.1) is 0 Å². The van der Waals surface area contributed by atoms with Crippen LogP contribution in [-0.2, 0) is 9.63 Å². The van der Waals surface area contributed by atoms with Crippen molar-refractivity contribution in [3.05, 3.63) is 66.6 Å². The van der Waals surface area contributed by atoms with Gasteiger partial charge in [0.05, 0.1) is 11.2 Å². The molecular weight excluding hydrogens is 304 g/mol. The summed E-state index contributed by atoms with van der Waals surface area (Å²) in [5.74, 6) is -0.221. The molecule has 1 aromatic carbocycles. The third-order valence-corrected chi connectivity index (χ3v) is 3.83. The third kappa shape index (κ3) is 2.81. The third-order valence-electron chi connectivity index (χ3n) is 3.83. The summed E-state index contributed by atoms with van der Waals surface area (Å²) in [6.45, 7) is 0. The fourth-order valence-corrected chi connectivity index (χ4v) is 2.60. The Morgan fingerprint density at radius 1 is 1.17 bits per heavy atom. The molecule has 1 aliphatic rings. The van der Waals surface area contributed by atoms with E-state index in [4.69, 9.17) is 4.84 Å². The van der Waals surface area contributed by atoms with Gasteiger partial charge in [0.2, 0.25) is 6.10 Å². The highest BCUT2D eigenvalue weighted by molar-refractivity contribution is 6.06. The predicted octanol–water partition coefficient (Wildman–Crippen LogP) is 2.76. The van der Waals surface area contributed by atoms with Gasteiger partial charge >= 0.3 is 0 Å². The van der Waals surface area contributed by atoms with Gasteiger partial charge in [-0.3, -0.25) is 14.8 Å². The summed E-state index contributed by atoms with van der Waals surface area (Å²) in [7, 11) is 0. The van der Waals surface area contributed by atoms with Crippen molar-refractivity contribution in [2.45, 2.75) is 12.5 Å². The van der Waals surface area contributed by atoms with Crippen molar-refractivity contribution in [3.63, 3.8) is 0 Å². The SMILES string of the molecule is O=C(Nc1ccc2ncccc2c1)[C@H]1CC(c2cccnc2)=NO1. The quantitative estimate of drug-likeness (QED) is 0.805. The fraction of sp³-hybridized carbons (Fsp3) is 0.111. The second-order valence-electron chi connectivity index (χ2n) is 5.48. The predicted molar refractivity (Wildman–Crippen MR) is 90.6 cm³/mol. The number of aromatic nitrogens is 2. The van der Waals surface area contributed by atoms with Crippen molar-refractivity contribution in [3.8, 4) is 0 Å². The number of carbonyl (C=O) groups excluding carboxylic acids is 1. The Morgan fingerprint density at radius 2 is 2.08 bits per heavy atom. The highest BCUT2D eigenvalue weighted by Gasteiger charge is 2.29. The van der Waals surface area contributed by atoms with Crippen LogP contribution in [0.5, 0.6) is 0 Å². The zero-order valence-electron chi connectivity index (χ0n) is 12.7. The molecule has 24 heavy (non-hydrogen) atoms. The molecule has 1 amide bonds. The van der Waals surface area contributed by atoms with Crippen LogP contribution < -0.4 is 5.32 Å². The maximum absolute atomic E-state index is 12.4. The van der Waals surface area contributed by atoms with Crippen LogP contribution in [0.25, 0.3) is 10.9 Å². The van der Waals surface area contributed by atoms with Gasteiger partial charge in [-0.1, -0.05) is 11.2 Å². The number of benzene rings is 1. The molecule has 1 N–H and O–H groups in total. The molecule has 0 fully saturated rings. The lowest BCUT2D eigenvalue weighted by molar-refractivity contribution is -0.125. The van der Waals surface area contributed by atoms with E-state index in [9.17, 15) is 4.79 Å². The Kier molecular flexibility index (Phi) is 3.63. The molecule has 2 aromatic heterocycles. The summed E-state index contributed by atoms with van der Waals surface area (Å²) in [6, 6.07) is 13.1. The molecule has 3 heterocycles. The number of hydrogen-bond acceptors (Lipinski definition) is 5. The molecule has 1 atom stereocenters. The zero-order valence-corrected chi connectivity index (χ0v) is 12.7. The molecule has 0 radical (unpaired) electrons. The van der Waals surface area contributed by atoms with Gasteiger partial charge in [0, 0.05) is 41.6 Å². The first-order chi connectivity index (χ1) is 11.8. The Bertz CT molecular complexity index is 924. The van der Waals surface area contributed by atoms with E-state index < -0.39 is 6.10 Å². The molecule has 4 rings (SSSR count). The molecule has 6 heteroatoms. The minimum Gasteiger partial charge on any atom is -0.382 e. The average molecular weight is 318 g/mol. The molecule has 0 spiro atoms. The zero-order chi connectivity index (χ0) is 16.4. The number of nitrogens with zero attached hydrogens (tertiary/aromatic N) is 3. The average Bonchev–Trinajstić information content (AvgIpc) is 3.13. The smallest absolute Gasteiger partial charge is 0.268 e. The monoisotopic (exact) mass is 318 g/mol. The number of amides is 1. The van der Waals surface area contributed by atoms with Gasteiger partial charge in [-0.2, -0.15) is 0 Å². The second kappa shape index (κ2) is 6.08. The van der Waals surface area contributed by atoms with Gasteiger partial charge in [-0.05, 0) is 36.4 Å². The number of fused-ring (bicyclic) bond motifs is 1. The lowest BCUT2D eigenvalue weighted by atomic mass is 10.1. The van der Waals surface area contributed by atoms with Crippen molar-refractivity contribution in [1.82, 2.24) is 9.97 Å². The van der Waals surface area contributed by atoms with Crippen LogP contribution >= 0.6 is 0 Å². The summed E-state index contributed by atoms with van der Waals surface area (Å²) in [4.78, 5) is 26.0. The Hall–Kier alpha value is -3.28. The topological polar surface area (TPSA) is 76.5 Å². The summed E-state index contributed by atoms with van der Waals surface area (Å²) in [5.41, 5.74) is 3.18. The Morgan fingerprint density at radius 3 is 2.96 bits per heavy atom. The first-order valence-corrected chi connectivity index (χ1v) is 7.58. The Balaban J connectivity index is 1.45. The number of rotatable bonds is 3. The number of anilines is 1. The van der Waals surface area contributed by atoms with Crippen molar-refractivity contribution in [1.29, 1.82) is 0 Å². The highest BCUT2D eigenvalue weighted by atomic mass is 16.6. The largest absolute Gasteiger partial charge is 0.382 e. The summed E-state index contributed by atoms with van der Waals surface area (Å²) in [5, 5.41) is 7.84. The molecule has 1 aliphatic heterocycles. The minimum absolute atomic E-state index is 0.221. The van der Waals surface area contributed by atoms with E-state index >= 15 is 0 Å². The van der Waals surface area contributed by atoms with E-state index in [1.54, 1.807) is 18.6 Å². The fourth-order valence-electron chi connectivity index (χ4n) is 2.60. The van der Waals surface area contributed by atoms with Gasteiger partial charge in [0.1, 0.15) is 0 Å². The number of hydrogen-bond donors (Lipinski definition) is 1. The van der Waals surface area contributed by atoms with Crippen LogP contribution in [-0.4, -0.2) is 27.7 Å². The molecular formula is C18H14N4O2. The van der Waals surface area contributed by atoms with Crippen molar-refractivity contribution < 1.29 is 9.63 Å². The van der Waals surface area contributed by atoms with E-state index in [2.05, 4.69) is 20.4 Å². The molecule has 0 saturated heterocycles. The first-order valence-electron chi connectivity index (χ1n) is 7.58. The van der Waals surface area contributed by atoms with Gasteiger partial charge in [-0.25, -0.2) is 0 Å². The van der Waals surface area contributed by atoms with Crippen molar-refractivity contribution in [2.75, 3.05) is 5.32 Å². The molecule has 6 nitrogen and oxygen atoms in total. The van der Waals surface area contributed by atoms with Gasteiger partial charge in [0.15, 0.2) is 0 Å². The molecule has 3 aromatic rings. The van der Waals surface area contributed by atoms with Crippen LogP contribution in [0.2, 0.25) is 0 Å². The van der Waals surface area contributed by atoms with Gasteiger partial charge in [0.25, 0.3) is 5.91 Å². The molecule has 0 unspecified atom stereocenters. The molecule has 0 aliphatic carbocycles. The number of carbonyl (C=O) groups is 1. The van der Waals surface area contributed by atoms with Crippen LogP contribution in [0.1, 0.15) is 12.0 Å². The molecule has 0 bridgehead atoms. The normalized spacial score (nSPS) is 16.5. The summed E-state index contributed by atoms with van der Waals surface area (Å²) in [6.07, 6.45) is 4.93. The molecule has 0 saturated carbocycles. The molecule has 118 valence electrons. The van der Waals surface area contributed by atoms with E-state index in [0.29, 0.717) is 12.1 Å². The summed E-state index contributed by atoms with van der Waals surface area (Å²) < 4.78 is 0. The maximum atomic E-state index is 12.4. The lowest BCUT2D eigenvalue weighted by Crippen LogP contribution is -2.28. The second-order valence-corrected chi connectivity index (χ2v) is 5.48. The standard InChI is InChI=1S/C18H14N4O2/c23-18(17-10-16(22-24-17)13-4-1-7-19-11-13)21-14-5-6-15-12(9-14)3-2-8-20-15/h1-9,11,17H,10H2,(H,21,23)/t17-/m1/s1. The number of nitrogens with one attached hydrogen (secondary N) is 1. The van der Waals surface area contributed by atoms with Crippen LogP contribution in [0.3, 0.4) is 0 Å². The van der Waals surface area contributed by atoms with E-state index in [1.165, 1.54) is 0 Å². The van der Waals surface area contributed by atoms with E-state index in [1.807, 2.05) is 42.5 Å². The van der Waals surface area contributed by atoms with Crippen LogP contribution in [0.15, 0.2) is 66.2 Å². The van der Waals surface area contributed by atoms with Crippen molar-refractivity contribution >= 4 is 28.2 Å². The van der Waals surface area contributed by atoms with E-state index in [-0.39, 0.29) is 5.91 Å².